The number of hydrogen-bond acceptors (Lipinski definition) is 5. The Bertz CT molecular complexity index is 597. The molecular formula is C20H31ClN2O3S. The minimum Gasteiger partial charge on any atom is -0.490 e. The Balaban J connectivity index is 0.00000261. The molecule has 2 aliphatic heterocycles. The summed E-state index contributed by atoms with van der Waals surface area (Å²) in [5.74, 6) is 2.73. The first kappa shape index (κ1) is 22.2. The molecule has 5 nitrogen and oxygen atoms in total. The molecule has 2 aliphatic rings. The molecule has 1 saturated heterocycles. The molecule has 0 saturated carbocycles. The Morgan fingerprint density at radius 3 is 2.70 bits per heavy atom. The number of amides is 1. The quantitative estimate of drug-likeness (QED) is 0.688. The average Bonchev–Trinajstić information content (AvgIpc) is 2.91. The minimum absolute atomic E-state index is 0. The number of ether oxygens (including phenoxy) is 2. The fourth-order valence-electron chi connectivity index (χ4n) is 3.50. The van der Waals surface area contributed by atoms with Gasteiger partial charge in [0.2, 0.25) is 5.91 Å². The van der Waals surface area contributed by atoms with Gasteiger partial charge < -0.3 is 19.7 Å². The molecule has 1 aromatic carbocycles. The highest BCUT2D eigenvalue weighted by molar-refractivity contribution is 7.99. The van der Waals surface area contributed by atoms with Crippen LogP contribution in [0.1, 0.15) is 39.0 Å². The Morgan fingerprint density at radius 2 is 1.96 bits per heavy atom. The number of benzene rings is 1. The van der Waals surface area contributed by atoms with Crippen LogP contribution in [-0.4, -0.2) is 55.4 Å². The van der Waals surface area contributed by atoms with E-state index >= 15 is 0 Å². The summed E-state index contributed by atoms with van der Waals surface area (Å²) in [5.41, 5.74) is 0. The second-order valence-electron chi connectivity index (χ2n) is 6.83. The van der Waals surface area contributed by atoms with Gasteiger partial charge in [0.05, 0.1) is 13.2 Å². The molecule has 0 spiro atoms. The molecule has 0 radical (unpaired) electrons. The molecule has 0 atom stereocenters. The number of nitrogens with zero attached hydrogens (tertiary/aromatic N) is 1. The van der Waals surface area contributed by atoms with Gasteiger partial charge in [-0.3, -0.25) is 4.79 Å². The molecule has 152 valence electrons. The third kappa shape index (κ3) is 6.47. The van der Waals surface area contributed by atoms with Crippen LogP contribution in [0.5, 0.6) is 11.5 Å². The standard InChI is InChI=1S/C20H30N2O3S.ClH/c1-2-11-22(16-6-9-21-10-7-16)20(23)8-14-26-17-4-5-18-19(15-17)25-13-3-12-24-18;/h4-5,15-16,21H,2-3,6-14H2,1H3;1H. The van der Waals surface area contributed by atoms with Gasteiger partial charge in [-0.15, -0.1) is 24.2 Å². The normalized spacial score (nSPS) is 16.9. The lowest BCUT2D eigenvalue weighted by Gasteiger charge is -2.34. The van der Waals surface area contributed by atoms with Crippen LogP contribution in [0.25, 0.3) is 0 Å². The second-order valence-corrected chi connectivity index (χ2v) is 7.99. The summed E-state index contributed by atoms with van der Waals surface area (Å²) in [7, 11) is 0. The van der Waals surface area contributed by atoms with Gasteiger partial charge in [0.25, 0.3) is 0 Å². The Labute approximate surface area is 173 Å². The first-order valence-electron chi connectivity index (χ1n) is 9.80. The molecule has 3 rings (SSSR count). The van der Waals surface area contributed by atoms with E-state index in [4.69, 9.17) is 9.47 Å². The summed E-state index contributed by atoms with van der Waals surface area (Å²) in [6.45, 7) is 6.46. The molecule has 27 heavy (non-hydrogen) atoms. The lowest BCUT2D eigenvalue weighted by molar-refractivity contribution is -0.133. The summed E-state index contributed by atoms with van der Waals surface area (Å²) in [6.07, 6.45) is 4.66. The van der Waals surface area contributed by atoms with E-state index in [1.165, 1.54) is 0 Å². The van der Waals surface area contributed by atoms with Gasteiger partial charge in [0.1, 0.15) is 0 Å². The van der Waals surface area contributed by atoms with Crippen LogP contribution >= 0.6 is 24.2 Å². The van der Waals surface area contributed by atoms with E-state index < -0.39 is 0 Å². The van der Waals surface area contributed by atoms with E-state index in [0.717, 1.165) is 67.5 Å². The van der Waals surface area contributed by atoms with E-state index in [-0.39, 0.29) is 12.4 Å². The molecular weight excluding hydrogens is 384 g/mol. The van der Waals surface area contributed by atoms with Crippen molar-refractivity contribution in [3.05, 3.63) is 18.2 Å². The Hall–Kier alpha value is -1.11. The topological polar surface area (TPSA) is 50.8 Å². The van der Waals surface area contributed by atoms with E-state index in [9.17, 15) is 4.79 Å². The predicted molar refractivity (Wildman–Crippen MR) is 113 cm³/mol. The number of carbonyl (C=O) groups is 1. The van der Waals surface area contributed by atoms with Crippen molar-refractivity contribution in [2.45, 2.75) is 50.0 Å². The number of hydrogen-bond donors (Lipinski definition) is 1. The molecule has 0 aliphatic carbocycles. The molecule has 1 fully saturated rings. The van der Waals surface area contributed by atoms with E-state index in [1.807, 2.05) is 12.1 Å². The zero-order chi connectivity index (χ0) is 18.2. The van der Waals surface area contributed by atoms with Crippen molar-refractivity contribution < 1.29 is 14.3 Å². The van der Waals surface area contributed by atoms with Crippen LogP contribution in [0, 0.1) is 0 Å². The van der Waals surface area contributed by atoms with Crippen LogP contribution in [-0.2, 0) is 4.79 Å². The van der Waals surface area contributed by atoms with Crippen LogP contribution in [0.3, 0.4) is 0 Å². The summed E-state index contributed by atoms with van der Waals surface area (Å²) in [6, 6.07) is 6.47. The summed E-state index contributed by atoms with van der Waals surface area (Å²) in [4.78, 5) is 16.0. The first-order valence-corrected chi connectivity index (χ1v) is 10.8. The molecule has 7 heteroatoms. The van der Waals surface area contributed by atoms with E-state index in [1.54, 1.807) is 11.8 Å². The molecule has 2 heterocycles. The monoisotopic (exact) mass is 414 g/mol. The SMILES string of the molecule is CCCN(C(=O)CCSc1ccc2c(c1)OCCCO2)C1CCNCC1.Cl. The second kappa shape index (κ2) is 11.7. The maximum atomic E-state index is 12.7. The van der Waals surface area contributed by atoms with Gasteiger partial charge in [0, 0.05) is 36.1 Å². The number of thioether (sulfide) groups is 1. The Kier molecular flexibility index (Phi) is 9.59. The number of fused-ring (bicyclic) bond motifs is 1. The number of halogens is 1. The van der Waals surface area contributed by atoms with E-state index in [2.05, 4.69) is 23.2 Å². The highest BCUT2D eigenvalue weighted by Gasteiger charge is 2.24. The smallest absolute Gasteiger partial charge is 0.223 e. The molecule has 0 aromatic heterocycles. The zero-order valence-corrected chi connectivity index (χ0v) is 17.7. The fourth-order valence-corrected chi connectivity index (χ4v) is 4.37. The van der Waals surface area contributed by atoms with Gasteiger partial charge in [-0.25, -0.2) is 0 Å². The summed E-state index contributed by atoms with van der Waals surface area (Å²) >= 11 is 1.72. The van der Waals surface area contributed by atoms with Crippen LogP contribution in [0.2, 0.25) is 0 Å². The largest absolute Gasteiger partial charge is 0.490 e. The van der Waals surface area contributed by atoms with Gasteiger partial charge >= 0.3 is 0 Å². The maximum Gasteiger partial charge on any atom is 0.223 e. The number of nitrogens with one attached hydrogen (secondary N) is 1. The van der Waals surface area contributed by atoms with Gasteiger partial charge in [-0.1, -0.05) is 6.92 Å². The molecule has 1 amide bonds. The summed E-state index contributed by atoms with van der Waals surface area (Å²) < 4.78 is 11.4. The van der Waals surface area contributed by atoms with Gasteiger partial charge in [-0.05, 0) is 50.6 Å². The average molecular weight is 415 g/mol. The lowest BCUT2D eigenvalue weighted by Crippen LogP contribution is -2.46. The fraction of sp³-hybridized carbons (Fsp3) is 0.650. The summed E-state index contributed by atoms with van der Waals surface area (Å²) in [5, 5.41) is 3.38. The van der Waals surface area contributed by atoms with Crippen molar-refractivity contribution in [3.8, 4) is 11.5 Å². The van der Waals surface area contributed by atoms with Crippen LogP contribution in [0.15, 0.2) is 23.1 Å². The highest BCUT2D eigenvalue weighted by Crippen LogP contribution is 2.34. The maximum absolute atomic E-state index is 12.7. The predicted octanol–water partition coefficient (Wildman–Crippen LogP) is 3.74. The number of piperidine rings is 1. The lowest BCUT2D eigenvalue weighted by atomic mass is 10.0. The number of carbonyl (C=O) groups excluding carboxylic acids is 1. The Morgan fingerprint density at radius 1 is 1.22 bits per heavy atom. The van der Waals surface area contributed by atoms with Crippen molar-refractivity contribution >= 4 is 30.1 Å². The van der Waals surface area contributed by atoms with Crippen molar-refractivity contribution in [2.75, 3.05) is 38.6 Å². The van der Waals surface area contributed by atoms with Crippen LogP contribution < -0.4 is 14.8 Å². The van der Waals surface area contributed by atoms with E-state index in [0.29, 0.717) is 31.6 Å². The van der Waals surface area contributed by atoms with Crippen molar-refractivity contribution in [1.29, 1.82) is 0 Å². The van der Waals surface area contributed by atoms with Crippen molar-refractivity contribution in [1.82, 2.24) is 10.2 Å². The molecule has 0 bridgehead atoms. The molecule has 1 N–H and O–H groups in total. The zero-order valence-electron chi connectivity index (χ0n) is 16.1. The molecule has 1 aromatic rings. The number of rotatable bonds is 7. The third-order valence-electron chi connectivity index (χ3n) is 4.84. The third-order valence-corrected chi connectivity index (χ3v) is 5.83. The van der Waals surface area contributed by atoms with Gasteiger partial charge in [0.15, 0.2) is 11.5 Å². The van der Waals surface area contributed by atoms with Crippen LogP contribution in [0.4, 0.5) is 0 Å². The van der Waals surface area contributed by atoms with Gasteiger partial charge in [-0.2, -0.15) is 0 Å². The highest BCUT2D eigenvalue weighted by atomic mass is 35.5. The first-order chi connectivity index (χ1) is 12.8. The molecule has 0 unspecified atom stereocenters. The van der Waals surface area contributed by atoms with Crippen molar-refractivity contribution in [2.24, 2.45) is 0 Å². The minimum atomic E-state index is 0. The van der Waals surface area contributed by atoms with Crippen molar-refractivity contribution in [3.63, 3.8) is 0 Å².